The van der Waals surface area contributed by atoms with Crippen LogP contribution in [0.15, 0.2) is 54.4 Å². The van der Waals surface area contributed by atoms with E-state index in [9.17, 15) is 23.2 Å². The Morgan fingerprint density at radius 2 is 2.09 bits per heavy atom. The fourth-order valence-electron chi connectivity index (χ4n) is 3.65. The Morgan fingerprint density at radius 3 is 2.78 bits per heavy atom. The number of ether oxygens (including phenoxy) is 1. The molecule has 5 nitrogen and oxygen atoms in total. The predicted octanol–water partition coefficient (Wildman–Crippen LogP) is 5.35. The standard InChI is InChI=1S/C24H20F3N3O2/c25-24(26,27)20-7-2-6-17(10-20)13-30-14-19(21-8-3-9-29-22(21)30)11-18(12-28)23(31)32-15-16-4-1-5-16/h2-3,6-11,14,16H,1,4-5,13,15H2/b18-11+. The fraction of sp³-hybridized carbons (Fsp3) is 0.292. The van der Waals surface area contributed by atoms with Crippen LogP contribution < -0.4 is 0 Å². The average molecular weight is 439 g/mol. The maximum Gasteiger partial charge on any atom is 0.416 e. The molecule has 0 spiro atoms. The second-order valence-electron chi connectivity index (χ2n) is 7.85. The molecule has 1 aliphatic rings. The third kappa shape index (κ3) is 4.67. The van der Waals surface area contributed by atoms with Gasteiger partial charge in [0, 0.05) is 29.9 Å². The summed E-state index contributed by atoms with van der Waals surface area (Å²) >= 11 is 0. The summed E-state index contributed by atoms with van der Waals surface area (Å²) < 4.78 is 46.2. The molecule has 32 heavy (non-hydrogen) atoms. The molecule has 0 radical (unpaired) electrons. The SMILES string of the molecule is N#C/C(=C\c1cn(Cc2cccc(C(F)(F)F)c2)c2ncccc12)C(=O)OCC1CCC1. The first-order chi connectivity index (χ1) is 15.3. The average Bonchev–Trinajstić information content (AvgIpc) is 3.07. The van der Waals surface area contributed by atoms with Crippen LogP contribution in [0.4, 0.5) is 13.2 Å². The lowest BCUT2D eigenvalue weighted by atomic mass is 9.86. The number of hydrogen-bond acceptors (Lipinski definition) is 4. The molecule has 0 saturated heterocycles. The molecule has 1 aromatic carbocycles. The molecule has 0 amide bonds. The number of fused-ring (bicyclic) bond motifs is 1. The van der Waals surface area contributed by atoms with Gasteiger partial charge in [0.25, 0.3) is 0 Å². The number of nitrogens with zero attached hydrogens (tertiary/aromatic N) is 3. The third-order valence-corrected chi connectivity index (χ3v) is 5.59. The van der Waals surface area contributed by atoms with Crippen molar-refractivity contribution in [3.63, 3.8) is 0 Å². The van der Waals surface area contributed by atoms with Crippen LogP contribution in [0.5, 0.6) is 0 Å². The first-order valence-corrected chi connectivity index (χ1v) is 10.2. The minimum absolute atomic E-state index is 0.133. The van der Waals surface area contributed by atoms with Crippen LogP contribution in [0.3, 0.4) is 0 Å². The van der Waals surface area contributed by atoms with E-state index < -0.39 is 17.7 Å². The number of halogens is 3. The monoisotopic (exact) mass is 439 g/mol. The third-order valence-electron chi connectivity index (χ3n) is 5.59. The van der Waals surface area contributed by atoms with Gasteiger partial charge < -0.3 is 9.30 Å². The number of esters is 1. The number of benzene rings is 1. The summed E-state index contributed by atoms with van der Waals surface area (Å²) in [7, 11) is 0. The summed E-state index contributed by atoms with van der Waals surface area (Å²) in [5.41, 5.74) is 0.707. The summed E-state index contributed by atoms with van der Waals surface area (Å²) in [6.07, 6.45) is 3.44. The molecule has 1 saturated carbocycles. The maximum atomic E-state index is 13.1. The number of pyridine rings is 1. The molecule has 0 bridgehead atoms. The Balaban J connectivity index is 1.63. The van der Waals surface area contributed by atoms with Crippen molar-refractivity contribution in [3.05, 3.63) is 71.1 Å². The Hall–Kier alpha value is -3.60. The van der Waals surface area contributed by atoms with E-state index in [2.05, 4.69) is 4.98 Å². The van der Waals surface area contributed by atoms with Crippen molar-refractivity contribution in [2.24, 2.45) is 5.92 Å². The Kier molecular flexibility index (Phi) is 5.99. The lowest BCUT2D eigenvalue weighted by Crippen LogP contribution is -2.20. The van der Waals surface area contributed by atoms with Gasteiger partial charge in [-0.05, 0) is 54.7 Å². The summed E-state index contributed by atoms with van der Waals surface area (Å²) in [6, 6.07) is 10.5. The van der Waals surface area contributed by atoms with Gasteiger partial charge in [-0.2, -0.15) is 18.4 Å². The highest BCUT2D eigenvalue weighted by molar-refractivity contribution is 6.00. The second kappa shape index (κ2) is 8.87. The molecule has 2 aromatic heterocycles. The Morgan fingerprint density at radius 1 is 1.28 bits per heavy atom. The van der Waals surface area contributed by atoms with Crippen LogP contribution >= 0.6 is 0 Å². The number of aromatic nitrogens is 2. The Bertz CT molecular complexity index is 1220. The molecule has 0 aliphatic heterocycles. The topological polar surface area (TPSA) is 67.9 Å². The van der Waals surface area contributed by atoms with Crippen molar-refractivity contribution in [2.75, 3.05) is 6.61 Å². The van der Waals surface area contributed by atoms with Crippen molar-refractivity contribution < 1.29 is 22.7 Å². The second-order valence-corrected chi connectivity index (χ2v) is 7.85. The summed E-state index contributed by atoms with van der Waals surface area (Å²) in [5, 5.41) is 10.1. The number of carbonyl (C=O) groups excluding carboxylic acids is 1. The molecular weight excluding hydrogens is 419 g/mol. The van der Waals surface area contributed by atoms with Gasteiger partial charge in [-0.3, -0.25) is 0 Å². The molecule has 0 atom stereocenters. The van der Waals surface area contributed by atoms with E-state index in [1.54, 1.807) is 35.2 Å². The lowest BCUT2D eigenvalue weighted by Gasteiger charge is -2.24. The number of hydrogen-bond donors (Lipinski definition) is 0. The molecule has 0 unspecified atom stereocenters. The van der Waals surface area contributed by atoms with Gasteiger partial charge in [-0.1, -0.05) is 18.6 Å². The number of carbonyl (C=O) groups is 1. The van der Waals surface area contributed by atoms with Crippen LogP contribution in [0.25, 0.3) is 17.1 Å². The van der Waals surface area contributed by atoms with E-state index in [0.29, 0.717) is 34.7 Å². The van der Waals surface area contributed by atoms with Gasteiger partial charge >= 0.3 is 12.1 Å². The molecule has 8 heteroatoms. The quantitative estimate of drug-likeness (QED) is 0.295. The van der Waals surface area contributed by atoms with E-state index in [1.807, 2.05) is 6.07 Å². The van der Waals surface area contributed by atoms with Crippen molar-refractivity contribution >= 4 is 23.1 Å². The molecule has 2 heterocycles. The van der Waals surface area contributed by atoms with Crippen molar-refractivity contribution in [2.45, 2.75) is 32.0 Å². The molecule has 3 aromatic rings. The molecule has 0 N–H and O–H groups in total. The normalized spacial score (nSPS) is 14.8. The molecule has 1 aliphatic carbocycles. The van der Waals surface area contributed by atoms with Crippen LogP contribution in [0.1, 0.15) is 36.0 Å². The van der Waals surface area contributed by atoms with E-state index in [0.717, 1.165) is 31.4 Å². The molecular formula is C24H20F3N3O2. The number of nitriles is 1. The fourth-order valence-corrected chi connectivity index (χ4v) is 3.65. The highest BCUT2D eigenvalue weighted by Gasteiger charge is 2.30. The molecule has 4 rings (SSSR count). The largest absolute Gasteiger partial charge is 0.461 e. The predicted molar refractivity (Wildman–Crippen MR) is 112 cm³/mol. The molecule has 1 fully saturated rings. The smallest absolute Gasteiger partial charge is 0.416 e. The summed E-state index contributed by atoms with van der Waals surface area (Å²) in [6.45, 7) is 0.454. The summed E-state index contributed by atoms with van der Waals surface area (Å²) in [5.74, 6) is -0.320. The minimum atomic E-state index is -4.43. The summed E-state index contributed by atoms with van der Waals surface area (Å²) in [4.78, 5) is 16.7. The lowest BCUT2D eigenvalue weighted by molar-refractivity contribution is -0.140. The minimum Gasteiger partial charge on any atom is -0.461 e. The highest BCUT2D eigenvalue weighted by atomic mass is 19.4. The van der Waals surface area contributed by atoms with Crippen LogP contribution in [-0.4, -0.2) is 22.1 Å². The zero-order valence-corrected chi connectivity index (χ0v) is 17.1. The van der Waals surface area contributed by atoms with Gasteiger partial charge in [0.15, 0.2) is 0 Å². The van der Waals surface area contributed by atoms with Crippen molar-refractivity contribution in [1.82, 2.24) is 9.55 Å². The van der Waals surface area contributed by atoms with Gasteiger partial charge in [-0.15, -0.1) is 0 Å². The molecule has 164 valence electrons. The zero-order chi connectivity index (χ0) is 22.7. The van der Waals surface area contributed by atoms with Crippen LogP contribution in [0, 0.1) is 17.2 Å². The van der Waals surface area contributed by atoms with E-state index in [4.69, 9.17) is 4.74 Å². The van der Waals surface area contributed by atoms with Crippen LogP contribution in [-0.2, 0) is 22.3 Å². The Labute approximate surface area is 182 Å². The van der Waals surface area contributed by atoms with Crippen molar-refractivity contribution in [3.8, 4) is 6.07 Å². The zero-order valence-electron chi connectivity index (χ0n) is 17.1. The first-order valence-electron chi connectivity index (χ1n) is 10.2. The van der Waals surface area contributed by atoms with Gasteiger partial charge in [-0.25, -0.2) is 9.78 Å². The van der Waals surface area contributed by atoms with Crippen molar-refractivity contribution in [1.29, 1.82) is 5.26 Å². The van der Waals surface area contributed by atoms with E-state index in [-0.39, 0.29) is 12.1 Å². The number of alkyl halides is 3. The first kappa shape index (κ1) is 21.6. The van der Waals surface area contributed by atoms with Gasteiger partial charge in [0.2, 0.25) is 0 Å². The van der Waals surface area contributed by atoms with Gasteiger partial charge in [0.05, 0.1) is 12.2 Å². The van der Waals surface area contributed by atoms with Crippen LogP contribution in [0.2, 0.25) is 0 Å². The number of rotatable bonds is 6. The highest BCUT2D eigenvalue weighted by Crippen LogP contribution is 2.30. The van der Waals surface area contributed by atoms with E-state index >= 15 is 0 Å². The maximum absolute atomic E-state index is 13.1. The van der Waals surface area contributed by atoms with E-state index in [1.165, 1.54) is 12.1 Å². The van der Waals surface area contributed by atoms with Gasteiger partial charge in [0.1, 0.15) is 17.3 Å².